The lowest BCUT2D eigenvalue weighted by molar-refractivity contribution is -0.121. The van der Waals surface area contributed by atoms with Crippen molar-refractivity contribution in [2.75, 3.05) is 30.8 Å². The van der Waals surface area contributed by atoms with Crippen molar-refractivity contribution in [3.8, 4) is 0 Å². The number of likely N-dealkylation sites (N-methyl/N-ethyl adjacent to an activating group) is 1. The van der Waals surface area contributed by atoms with Crippen molar-refractivity contribution < 1.29 is 28.7 Å². The van der Waals surface area contributed by atoms with E-state index in [1.54, 1.807) is 0 Å². The number of hydrogen-bond donors (Lipinski definition) is 2. The molecule has 3 atom stereocenters. The number of nitrogens with one attached hydrogen (secondary N) is 2. The lowest BCUT2D eigenvalue weighted by atomic mass is 9.90. The predicted octanol–water partition coefficient (Wildman–Crippen LogP) is 6.09. The van der Waals surface area contributed by atoms with Crippen molar-refractivity contribution in [1.82, 2.24) is 14.7 Å². The van der Waals surface area contributed by atoms with Crippen LogP contribution in [0.1, 0.15) is 90.0 Å². The summed E-state index contributed by atoms with van der Waals surface area (Å²) in [7, 11) is 2.08. The molecule has 5 rings (SSSR count). The Labute approximate surface area is 277 Å². The number of benzene rings is 2. The van der Waals surface area contributed by atoms with Crippen molar-refractivity contribution in [2.24, 2.45) is 0 Å². The molecular weight excluding hydrogens is 598 g/mol. The molecule has 47 heavy (non-hydrogen) atoms. The van der Waals surface area contributed by atoms with Crippen LogP contribution in [0.25, 0.3) is 0 Å². The van der Waals surface area contributed by atoms with E-state index in [0.29, 0.717) is 43.9 Å². The van der Waals surface area contributed by atoms with Gasteiger partial charge in [-0.05, 0) is 122 Å². The Bertz CT molecular complexity index is 1490. The van der Waals surface area contributed by atoms with E-state index in [9.17, 15) is 19.2 Å². The summed E-state index contributed by atoms with van der Waals surface area (Å²) < 4.78 is 11.0. The van der Waals surface area contributed by atoms with Crippen molar-refractivity contribution in [2.45, 2.75) is 110 Å². The van der Waals surface area contributed by atoms with Gasteiger partial charge in [-0.25, -0.2) is 9.59 Å². The third-order valence-corrected chi connectivity index (χ3v) is 8.77. The maximum Gasteiger partial charge on any atom is 0.410 e. The van der Waals surface area contributed by atoms with E-state index in [-0.39, 0.29) is 17.9 Å². The second-order valence-corrected chi connectivity index (χ2v) is 14.9. The molecule has 2 N–H and O–H groups in total. The third kappa shape index (κ3) is 8.43. The van der Waals surface area contributed by atoms with E-state index in [0.717, 1.165) is 30.4 Å². The van der Waals surface area contributed by atoms with Crippen LogP contribution in [0.15, 0.2) is 42.5 Å². The van der Waals surface area contributed by atoms with Gasteiger partial charge in [-0.1, -0.05) is 18.2 Å². The number of rotatable bonds is 5. The molecule has 2 fully saturated rings. The first kappa shape index (κ1) is 34.2. The van der Waals surface area contributed by atoms with E-state index >= 15 is 0 Å². The highest BCUT2D eigenvalue weighted by atomic mass is 16.6. The lowest BCUT2D eigenvalue weighted by Gasteiger charge is -2.35. The number of carbonyl (C=O) groups is 4. The van der Waals surface area contributed by atoms with Gasteiger partial charge in [0.1, 0.15) is 23.3 Å². The molecule has 11 heteroatoms. The second-order valence-electron chi connectivity index (χ2n) is 14.9. The van der Waals surface area contributed by atoms with Crippen molar-refractivity contribution in [3.05, 3.63) is 59.2 Å². The van der Waals surface area contributed by atoms with Crippen LogP contribution in [0.5, 0.6) is 0 Å². The summed E-state index contributed by atoms with van der Waals surface area (Å²) in [4.78, 5) is 57.0. The first-order valence-electron chi connectivity index (χ1n) is 16.6. The van der Waals surface area contributed by atoms with Crippen LogP contribution in [0, 0.1) is 0 Å². The molecule has 2 aromatic rings. The number of likely N-dealkylation sites (tertiary alicyclic amines) is 2. The van der Waals surface area contributed by atoms with Crippen LogP contribution < -0.4 is 10.6 Å². The Morgan fingerprint density at radius 1 is 0.702 bits per heavy atom. The monoisotopic (exact) mass is 647 g/mol. The Balaban J connectivity index is 1.18. The molecular formula is C36H49N5O6. The van der Waals surface area contributed by atoms with Gasteiger partial charge in [0, 0.05) is 37.1 Å². The minimum absolute atomic E-state index is 0.145. The van der Waals surface area contributed by atoms with E-state index in [2.05, 4.69) is 28.6 Å². The molecule has 2 aromatic carbocycles. The Morgan fingerprint density at radius 2 is 1.19 bits per heavy atom. The van der Waals surface area contributed by atoms with Gasteiger partial charge in [0.2, 0.25) is 11.8 Å². The quantitative estimate of drug-likeness (QED) is 0.403. The number of carbonyl (C=O) groups excluding carboxylic acids is 4. The number of amides is 4. The zero-order valence-corrected chi connectivity index (χ0v) is 28.7. The smallest absolute Gasteiger partial charge is 0.410 e. The maximum absolute atomic E-state index is 13.2. The zero-order chi connectivity index (χ0) is 34.1. The van der Waals surface area contributed by atoms with E-state index in [4.69, 9.17) is 9.47 Å². The van der Waals surface area contributed by atoms with Gasteiger partial charge >= 0.3 is 12.2 Å². The summed E-state index contributed by atoms with van der Waals surface area (Å²) in [6.07, 6.45) is 2.61. The molecule has 3 aliphatic heterocycles. The molecule has 254 valence electrons. The van der Waals surface area contributed by atoms with Crippen LogP contribution >= 0.6 is 0 Å². The van der Waals surface area contributed by atoms with Gasteiger partial charge in [-0.15, -0.1) is 0 Å². The predicted molar refractivity (Wildman–Crippen MR) is 180 cm³/mol. The van der Waals surface area contributed by atoms with Gasteiger partial charge in [-0.3, -0.25) is 24.3 Å². The summed E-state index contributed by atoms with van der Waals surface area (Å²) in [6, 6.07) is 12.9. The molecule has 0 radical (unpaired) electrons. The second kappa shape index (κ2) is 13.5. The fourth-order valence-corrected chi connectivity index (χ4v) is 6.56. The average molecular weight is 648 g/mol. The highest BCUT2D eigenvalue weighted by Crippen LogP contribution is 2.34. The largest absolute Gasteiger partial charge is 0.444 e. The molecule has 0 saturated carbocycles. The van der Waals surface area contributed by atoms with Crippen molar-refractivity contribution in [3.63, 3.8) is 0 Å². The Morgan fingerprint density at radius 3 is 1.70 bits per heavy atom. The van der Waals surface area contributed by atoms with Crippen LogP contribution in [-0.2, 0) is 32.0 Å². The average Bonchev–Trinajstić information content (AvgIpc) is 3.66. The molecule has 1 unspecified atom stereocenters. The third-order valence-electron chi connectivity index (χ3n) is 8.77. The normalized spacial score (nSPS) is 21.6. The Hall–Kier alpha value is -4.12. The van der Waals surface area contributed by atoms with Crippen LogP contribution in [0.4, 0.5) is 21.0 Å². The topological polar surface area (TPSA) is 121 Å². The van der Waals surface area contributed by atoms with E-state index < -0.39 is 35.5 Å². The number of anilines is 2. The number of ether oxygens (including phenoxy) is 2. The minimum Gasteiger partial charge on any atom is -0.444 e. The van der Waals surface area contributed by atoms with Gasteiger partial charge in [0.15, 0.2) is 0 Å². The molecule has 0 spiro atoms. The first-order valence-corrected chi connectivity index (χ1v) is 16.6. The molecule has 11 nitrogen and oxygen atoms in total. The molecule has 0 aliphatic carbocycles. The van der Waals surface area contributed by atoms with Gasteiger partial charge in [0.05, 0.1) is 0 Å². The molecule has 0 aromatic heterocycles. The number of hydrogen-bond acceptors (Lipinski definition) is 7. The number of nitrogens with zero attached hydrogens (tertiary/aromatic N) is 3. The first-order chi connectivity index (χ1) is 22.1. The summed E-state index contributed by atoms with van der Waals surface area (Å²) in [5.74, 6) is -0.411. The molecule has 3 heterocycles. The zero-order valence-electron chi connectivity index (χ0n) is 28.7. The molecule has 4 amide bonds. The minimum atomic E-state index is -0.622. The standard InChI is InChI=1S/C36H49N5O6/c1-35(2,3)46-33(44)40-18-8-10-28(40)31(42)37-26-15-12-23(13-16-26)30-21-24-14-17-27(20-25(24)22-39(30)7)38-32(43)29-11-9-19-41(29)34(45)47-36(4,5)6/h12-17,20,28-30H,8-11,18-19,21-22H2,1-7H3,(H,37,42)(H,38,43)/t28-,29-,30?/m0/s1. The van der Waals surface area contributed by atoms with Crippen LogP contribution in [-0.4, -0.2) is 82.1 Å². The Kier molecular flexibility index (Phi) is 9.86. The molecule has 0 bridgehead atoms. The fourth-order valence-electron chi connectivity index (χ4n) is 6.56. The SMILES string of the molecule is CN1Cc2cc(NC(=O)[C@@H]3CCCN3C(=O)OC(C)(C)C)ccc2CC1c1ccc(NC(=O)[C@@H]2CCCN2C(=O)OC(C)(C)C)cc1. The van der Waals surface area contributed by atoms with E-state index in [1.165, 1.54) is 15.4 Å². The summed E-state index contributed by atoms with van der Waals surface area (Å²) in [5, 5.41) is 6.01. The number of fused-ring (bicyclic) bond motifs is 1. The van der Waals surface area contributed by atoms with Crippen LogP contribution in [0.3, 0.4) is 0 Å². The van der Waals surface area contributed by atoms with Gasteiger partial charge in [-0.2, -0.15) is 0 Å². The summed E-state index contributed by atoms with van der Waals surface area (Å²) >= 11 is 0. The van der Waals surface area contributed by atoms with Crippen molar-refractivity contribution >= 4 is 35.4 Å². The van der Waals surface area contributed by atoms with Crippen molar-refractivity contribution in [1.29, 1.82) is 0 Å². The van der Waals surface area contributed by atoms with Gasteiger partial charge in [0.25, 0.3) is 0 Å². The fraction of sp³-hybridized carbons (Fsp3) is 0.556. The maximum atomic E-state index is 13.2. The van der Waals surface area contributed by atoms with Crippen LogP contribution in [0.2, 0.25) is 0 Å². The summed E-state index contributed by atoms with van der Waals surface area (Å²) in [6.45, 7) is 12.6. The summed E-state index contributed by atoms with van der Waals surface area (Å²) in [5.41, 5.74) is 3.64. The lowest BCUT2D eigenvalue weighted by Crippen LogP contribution is -2.45. The highest BCUT2D eigenvalue weighted by Gasteiger charge is 2.38. The molecule has 3 aliphatic rings. The highest BCUT2D eigenvalue weighted by molar-refractivity contribution is 5.97. The molecule has 2 saturated heterocycles. The van der Waals surface area contributed by atoms with Gasteiger partial charge < -0.3 is 20.1 Å². The van der Waals surface area contributed by atoms with E-state index in [1.807, 2.05) is 77.9 Å².